The molecule has 0 aromatic heterocycles. The van der Waals surface area contributed by atoms with Gasteiger partial charge in [-0.2, -0.15) is 0 Å². The van der Waals surface area contributed by atoms with Crippen LogP contribution >= 0.6 is 0 Å². The van der Waals surface area contributed by atoms with E-state index >= 15 is 0 Å². The first-order chi connectivity index (χ1) is 12.1. The number of Topliss-reactive ketones (excluding diaryl/α,β-unsaturated/α-hetero) is 1. The minimum atomic E-state index is 0.0791. The Morgan fingerprint density at radius 3 is 1.88 bits per heavy atom. The van der Waals surface area contributed by atoms with E-state index in [0.717, 1.165) is 22.3 Å². The first-order valence-corrected chi connectivity index (χ1v) is 8.86. The van der Waals surface area contributed by atoms with Crippen molar-refractivity contribution < 1.29 is 4.79 Å². The van der Waals surface area contributed by atoms with Crippen LogP contribution in [0.1, 0.15) is 31.9 Å². The fourth-order valence-corrected chi connectivity index (χ4v) is 3.17. The lowest BCUT2D eigenvalue weighted by Gasteiger charge is -2.26. The Bertz CT molecular complexity index is 836. The first-order valence-electron chi connectivity index (χ1n) is 8.86. The highest BCUT2D eigenvalue weighted by Crippen LogP contribution is 2.35. The maximum Gasteiger partial charge on any atom is 0.185 e. The Labute approximate surface area is 150 Å². The van der Waals surface area contributed by atoms with Gasteiger partial charge in [-0.3, -0.25) is 4.79 Å². The van der Waals surface area contributed by atoms with Crippen molar-refractivity contribution in [2.45, 2.75) is 20.8 Å². The molecule has 1 aliphatic carbocycles. The van der Waals surface area contributed by atoms with E-state index in [4.69, 9.17) is 0 Å². The summed E-state index contributed by atoms with van der Waals surface area (Å²) >= 11 is 0. The molecule has 3 rings (SSSR count). The van der Waals surface area contributed by atoms with Crippen molar-refractivity contribution in [2.24, 2.45) is 11.8 Å². The number of hydrogen-bond acceptors (Lipinski definition) is 1. The molecule has 0 heterocycles. The molecule has 2 aromatic rings. The molecule has 1 heteroatoms. The SMILES string of the molecule is CC(C)C1=C/C(=C/c2ccccc2)C(C)/C(=C/c2ccccc2)C1=O. The van der Waals surface area contributed by atoms with Gasteiger partial charge in [0.25, 0.3) is 0 Å². The van der Waals surface area contributed by atoms with Gasteiger partial charge in [0.1, 0.15) is 0 Å². The van der Waals surface area contributed by atoms with Crippen molar-refractivity contribution in [3.63, 3.8) is 0 Å². The van der Waals surface area contributed by atoms with Gasteiger partial charge in [-0.05, 0) is 28.7 Å². The van der Waals surface area contributed by atoms with Crippen LogP contribution in [0.4, 0.5) is 0 Å². The van der Waals surface area contributed by atoms with E-state index < -0.39 is 0 Å². The van der Waals surface area contributed by atoms with E-state index in [-0.39, 0.29) is 17.6 Å². The molecule has 0 spiro atoms. The van der Waals surface area contributed by atoms with Crippen LogP contribution in [-0.2, 0) is 4.79 Å². The third kappa shape index (κ3) is 3.88. The summed E-state index contributed by atoms with van der Waals surface area (Å²) in [6, 6.07) is 20.4. The summed E-state index contributed by atoms with van der Waals surface area (Å²) in [5.74, 6) is 0.463. The lowest BCUT2D eigenvalue weighted by atomic mass is 9.77. The van der Waals surface area contributed by atoms with Crippen molar-refractivity contribution in [3.8, 4) is 0 Å². The number of hydrogen-bond donors (Lipinski definition) is 0. The molecule has 126 valence electrons. The van der Waals surface area contributed by atoms with Gasteiger partial charge in [-0.15, -0.1) is 0 Å². The molecule has 0 radical (unpaired) electrons. The Hall–Kier alpha value is -2.67. The van der Waals surface area contributed by atoms with Gasteiger partial charge in [0.15, 0.2) is 5.78 Å². The molecule has 25 heavy (non-hydrogen) atoms. The molecule has 0 aliphatic heterocycles. The predicted molar refractivity (Wildman–Crippen MR) is 106 cm³/mol. The highest BCUT2D eigenvalue weighted by atomic mass is 16.1. The van der Waals surface area contributed by atoms with Crippen LogP contribution in [0.5, 0.6) is 0 Å². The molecule has 0 N–H and O–H groups in total. The number of allylic oxidation sites excluding steroid dienone is 4. The molecule has 0 saturated heterocycles. The fourth-order valence-electron chi connectivity index (χ4n) is 3.17. The van der Waals surface area contributed by atoms with E-state index in [2.05, 4.69) is 45.1 Å². The van der Waals surface area contributed by atoms with Crippen LogP contribution in [0, 0.1) is 11.8 Å². The monoisotopic (exact) mass is 328 g/mol. The van der Waals surface area contributed by atoms with Gasteiger partial charge in [0, 0.05) is 17.1 Å². The minimum Gasteiger partial charge on any atom is -0.289 e. The van der Waals surface area contributed by atoms with Crippen molar-refractivity contribution >= 4 is 17.9 Å². The normalized spacial score (nSPS) is 21.0. The minimum absolute atomic E-state index is 0.0791. The summed E-state index contributed by atoms with van der Waals surface area (Å²) in [5.41, 5.74) is 5.19. The molecule has 2 aromatic carbocycles. The lowest BCUT2D eigenvalue weighted by molar-refractivity contribution is -0.113. The molecule has 0 fully saturated rings. The zero-order valence-corrected chi connectivity index (χ0v) is 15.1. The van der Waals surface area contributed by atoms with Gasteiger partial charge in [0.05, 0.1) is 0 Å². The molecule has 1 nitrogen and oxygen atoms in total. The second-order valence-electron chi connectivity index (χ2n) is 6.87. The number of carbonyl (C=O) groups excluding carboxylic acids is 1. The van der Waals surface area contributed by atoms with Crippen LogP contribution in [0.15, 0.2) is 83.5 Å². The molecule has 0 amide bonds. The first kappa shape index (κ1) is 17.2. The largest absolute Gasteiger partial charge is 0.289 e. The van der Waals surface area contributed by atoms with E-state index in [1.54, 1.807) is 0 Å². The molecule has 1 aliphatic rings. The van der Waals surface area contributed by atoms with E-state index in [9.17, 15) is 4.79 Å². The van der Waals surface area contributed by atoms with Crippen LogP contribution in [0.3, 0.4) is 0 Å². The zero-order chi connectivity index (χ0) is 17.8. The maximum absolute atomic E-state index is 13.0. The summed E-state index contributed by atoms with van der Waals surface area (Å²) in [6.07, 6.45) is 6.33. The van der Waals surface area contributed by atoms with Crippen LogP contribution in [0.25, 0.3) is 12.2 Å². The van der Waals surface area contributed by atoms with Gasteiger partial charge in [-0.1, -0.05) is 93.6 Å². The Morgan fingerprint density at radius 1 is 0.840 bits per heavy atom. The van der Waals surface area contributed by atoms with Crippen molar-refractivity contribution in [3.05, 3.63) is 94.6 Å². The summed E-state index contributed by atoms with van der Waals surface area (Å²) in [5, 5.41) is 0. The summed E-state index contributed by atoms with van der Waals surface area (Å²) in [7, 11) is 0. The average Bonchev–Trinajstić information content (AvgIpc) is 2.62. The van der Waals surface area contributed by atoms with Crippen LogP contribution in [-0.4, -0.2) is 5.78 Å². The predicted octanol–water partition coefficient (Wildman–Crippen LogP) is 5.95. The van der Waals surface area contributed by atoms with Gasteiger partial charge in [-0.25, -0.2) is 0 Å². The highest BCUT2D eigenvalue weighted by Gasteiger charge is 2.29. The van der Waals surface area contributed by atoms with Crippen molar-refractivity contribution in [2.75, 3.05) is 0 Å². The van der Waals surface area contributed by atoms with E-state index in [1.165, 1.54) is 5.57 Å². The number of carbonyl (C=O) groups is 1. The average molecular weight is 328 g/mol. The van der Waals surface area contributed by atoms with E-state index in [0.29, 0.717) is 0 Å². The number of rotatable bonds is 3. The standard InChI is InChI=1S/C24H24O/c1-17(2)22-16-21(14-19-10-6-4-7-11-19)18(3)23(24(22)25)15-20-12-8-5-9-13-20/h4-18H,1-3H3/b21-14-,23-15-. The molecule has 1 unspecified atom stereocenters. The van der Waals surface area contributed by atoms with Crippen LogP contribution in [0.2, 0.25) is 0 Å². The lowest BCUT2D eigenvalue weighted by Crippen LogP contribution is -2.22. The number of ketones is 1. The zero-order valence-electron chi connectivity index (χ0n) is 15.1. The van der Waals surface area contributed by atoms with Crippen LogP contribution < -0.4 is 0 Å². The third-order valence-electron chi connectivity index (χ3n) is 4.69. The van der Waals surface area contributed by atoms with Gasteiger partial charge >= 0.3 is 0 Å². The Morgan fingerprint density at radius 2 is 1.36 bits per heavy atom. The summed E-state index contributed by atoms with van der Waals surface area (Å²) < 4.78 is 0. The topological polar surface area (TPSA) is 17.1 Å². The molecular formula is C24H24O. The third-order valence-corrected chi connectivity index (χ3v) is 4.69. The molecular weight excluding hydrogens is 304 g/mol. The highest BCUT2D eigenvalue weighted by molar-refractivity contribution is 6.13. The molecule has 0 bridgehead atoms. The van der Waals surface area contributed by atoms with Crippen molar-refractivity contribution in [1.29, 1.82) is 0 Å². The smallest absolute Gasteiger partial charge is 0.185 e. The summed E-state index contributed by atoms with van der Waals surface area (Å²) in [4.78, 5) is 13.0. The van der Waals surface area contributed by atoms with Crippen molar-refractivity contribution in [1.82, 2.24) is 0 Å². The van der Waals surface area contributed by atoms with Gasteiger partial charge < -0.3 is 0 Å². The Kier molecular flexibility index (Phi) is 5.14. The Balaban J connectivity index is 2.09. The van der Waals surface area contributed by atoms with E-state index in [1.807, 2.05) is 54.6 Å². The molecule has 0 saturated carbocycles. The second-order valence-corrected chi connectivity index (χ2v) is 6.87. The summed E-state index contributed by atoms with van der Waals surface area (Å²) in [6.45, 7) is 6.29. The van der Waals surface area contributed by atoms with Gasteiger partial charge in [0.2, 0.25) is 0 Å². The molecule has 1 atom stereocenters. The number of benzene rings is 2. The fraction of sp³-hybridized carbons (Fsp3) is 0.208. The quantitative estimate of drug-likeness (QED) is 0.636. The maximum atomic E-state index is 13.0. The second kappa shape index (κ2) is 7.48.